The fourth-order valence-corrected chi connectivity index (χ4v) is 3.10. The summed E-state index contributed by atoms with van der Waals surface area (Å²) in [7, 11) is 0. The van der Waals surface area contributed by atoms with Crippen molar-refractivity contribution in [2.24, 2.45) is 0 Å². The first-order valence-electron chi connectivity index (χ1n) is 9.87. The Hall–Kier alpha value is -3.72. The van der Waals surface area contributed by atoms with Crippen molar-refractivity contribution in [1.82, 2.24) is 10.2 Å². The first-order chi connectivity index (χ1) is 15.2. The number of halogens is 1. The molecule has 0 radical (unpaired) electrons. The van der Waals surface area contributed by atoms with Crippen molar-refractivity contribution in [3.63, 3.8) is 0 Å². The van der Waals surface area contributed by atoms with Crippen molar-refractivity contribution in [2.45, 2.75) is 0 Å². The van der Waals surface area contributed by atoms with E-state index in [2.05, 4.69) is 25.7 Å². The van der Waals surface area contributed by atoms with Crippen LogP contribution in [0.3, 0.4) is 0 Å². The van der Waals surface area contributed by atoms with Gasteiger partial charge in [0.2, 0.25) is 0 Å². The molecular formula is C22H22FN5O3. The zero-order valence-corrected chi connectivity index (χ0v) is 16.8. The van der Waals surface area contributed by atoms with E-state index in [4.69, 9.17) is 9.47 Å². The molecule has 1 aromatic heterocycles. The summed E-state index contributed by atoms with van der Waals surface area (Å²) in [6.45, 7) is 2.75. The summed E-state index contributed by atoms with van der Waals surface area (Å²) in [5.74, 6) is -0.226. The van der Waals surface area contributed by atoms with E-state index in [1.165, 1.54) is 12.1 Å². The standard InChI is InChI=1S/C22H22FN5O3/c23-19-3-1-2-4-20(19)31-15-22(29)26-17-7-5-16(6-8-17)25-21-13-18(14-24-27-21)28-9-11-30-12-10-28/h1-8,13-14H,9-12,15H2,(H,25,27)(H,26,29). The van der Waals surface area contributed by atoms with Crippen LogP contribution in [-0.4, -0.2) is 49.0 Å². The van der Waals surface area contributed by atoms with Gasteiger partial charge in [0.15, 0.2) is 24.0 Å². The minimum atomic E-state index is -0.508. The predicted molar refractivity (Wildman–Crippen MR) is 115 cm³/mol. The molecule has 2 aromatic carbocycles. The maximum Gasteiger partial charge on any atom is 0.262 e. The number of nitrogens with one attached hydrogen (secondary N) is 2. The zero-order valence-electron chi connectivity index (χ0n) is 16.8. The number of benzene rings is 2. The molecule has 1 aliphatic rings. The van der Waals surface area contributed by atoms with Crippen LogP contribution in [0.1, 0.15) is 0 Å². The van der Waals surface area contributed by atoms with Crippen LogP contribution >= 0.6 is 0 Å². The van der Waals surface area contributed by atoms with Gasteiger partial charge in [-0.25, -0.2) is 4.39 Å². The summed E-state index contributed by atoms with van der Waals surface area (Å²) in [5, 5.41) is 14.1. The molecule has 0 atom stereocenters. The van der Waals surface area contributed by atoms with Gasteiger partial charge in [0, 0.05) is 30.5 Å². The Bertz CT molecular complexity index is 1030. The molecule has 8 nitrogen and oxygen atoms in total. The van der Waals surface area contributed by atoms with Gasteiger partial charge in [-0.3, -0.25) is 4.79 Å². The fourth-order valence-electron chi connectivity index (χ4n) is 3.10. The molecular weight excluding hydrogens is 401 g/mol. The lowest BCUT2D eigenvalue weighted by molar-refractivity contribution is -0.118. The van der Waals surface area contributed by atoms with Crippen molar-refractivity contribution in [3.05, 3.63) is 66.6 Å². The second-order valence-electron chi connectivity index (χ2n) is 6.87. The van der Waals surface area contributed by atoms with Gasteiger partial charge < -0.3 is 25.0 Å². The van der Waals surface area contributed by atoms with Crippen molar-refractivity contribution in [1.29, 1.82) is 0 Å². The number of aromatic nitrogens is 2. The number of carbonyl (C=O) groups excluding carboxylic acids is 1. The Kier molecular flexibility index (Phi) is 6.53. The third kappa shape index (κ3) is 5.67. The molecule has 0 unspecified atom stereocenters. The number of hydrogen-bond donors (Lipinski definition) is 2. The highest BCUT2D eigenvalue weighted by Crippen LogP contribution is 2.22. The van der Waals surface area contributed by atoms with Crippen molar-refractivity contribution in [3.8, 4) is 5.75 Å². The first-order valence-corrected chi connectivity index (χ1v) is 9.87. The topological polar surface area (TPSA) is 88.6 Å². The number of morpholine rings is 1. The number of amides is 1. The van der Waals surface area contributed by atoms with Crippen LogP contribution < -0.4 is 20.3 Å². The number of para-hydroxylation sites is 1. The van der Waals surface area contributed by atoms with E-state index < -0.39 is 5.82 Å². The summed E-state index contributed by atoms with van der Waals surface area (Å²) < 4.78 is 24.1. The van der Waals surface area contributed by atoms with Gasteiger partial charge in [-0.05, 0) is 36.4 Å². The summed E-state index contributed by atoms with van der Waals surface area (Å²) in [6, 6.07) is 15.0. The van der Waals surface area contributed by atoms with Crippen molar-refractivity contribution < 1.29 is 18.7 Å². The SMILES string of the molecule is O=C(COc1ccccc1F)Nc1ccc(Nc2cc(N3CCOCC3)cnn2)cc1. The second-order valence-corrected chi connectivity index (χ2v) is 6.87. The summed E-state index contributed by atoms with van der Waals surface area (Å²) >= 11 is 0. The van der Waals surface area contributed by atoms with E-state index in [0.29, 0.717) is 24.7 Å². The maximum absolute atomic E-state index is 13.5. The lowest BCUT2D eigenvalue weighted by Gasteiger charge is -2.28. The van der Waals surface area contributed by atoms with Gasteiger partial charge >= 0.3 is 0 Å². The number of hydrogen-bond acceptors (Lipinski definition) is 7. The summed E-state index contributed by atoms with van der Waals surface area (Å²) in [4.78, 5) is 14.3. The smallest absolute Gasteiger partial charge is 0.262 e. The average Bonchev–Trinajstić information content (AvgIpc) is 2.81. The van der Waals surface area contributed by atoms with Gasteiger partial charge in [-0.2, -0.15) is 5.10 Å². The normalized spacial score (nSPS) is 13.5. The molecule has 1 amide bonds. The van der Waals surface area contributed by atoms with Gasteiger partial charge in [-0.15, -0.1) is 5.10 Å². The van der Waals surface area contributed by atoms with Crippen LogP contribution in [0.2, 0.25) is 0 Å². The van der Waals surface area contributed by atoms with E-state index in [-0.39, 0.29) is 18.3 Å². The van der Waals surface area contributed by atoms with E-state index in [9.17, 15) is 9.18 Å². The zero-order chi connectivity index (χ0) is 21.5. The van der Waals surface area contributed by atoms with Crippen LogP contribution in [0.4, 0.5) is 27.3 Å². The number of ether oxygens (including phenoxy) is 2. The minimum Gasteiger partial charge on any atom is -0.481 e. The van der Waals surface area contributed by atoms with E-state index in [0.717, 1.165) is 24.5 Å². The average molecular weight is 423 g/mol. The lowest BCUT2D eigenvalue weighted by Crippen LogP contribution is -2.36. The lowest BCUT2D eigenvalue weighted by atomic mass is 10.2. The molecule has 1 aliphatic heterocycles. The van der Waals surface area contributed by atoms with Crippen molar-refractivity contribution in [2.75, 3.05) is 48.4 Å². The fraction of sp³-hybridized carbons (Fsp3) is 0.227. The molecule has 0 bridgehead atoms. The molecule has 0 saturated carbocycles. The third-order valence-corrected chi connectivity index (χ3v) is 4.65. The van der Waals surface area contributed by atoms with E-state index >= 15 is 0 Å². The van der Waals surface area contributed by atoms with E-state index in [1.807, 2.05) is 18.2 Å². The molecule has 0 spiro atoms. The Morgan fingerprint density at radius 3 is 2.61 bits per heavy atom. The third-order valence-electron chi connectivity index (χ3n) is 4.65. The monoisotopic (exact) mass is 423 g/mol. The molecule has 160 valence electrons. The highest BCUT2D eigenvalue weighted by atomic mass is 19.1. The van der Waals surface area contributed by atoms with Gasteiger partial charge in [0.1, 0.15) is 0 Å². The van der Waals surface area contributed by atoms with Crippen LogP contribution in [0, 0.1) is 5.82 Å². The summed E-state index contributed by atoms with van der Waals surface area (Å²) in [6.07, 6.45) is 1.73. The minimum absolute atomic E-state index is 0.0395. The Balaban J connectivity index is 1.31. The highest BCUT2D eigenvalue weighted by Gasteiger charge is 2.12. The van der Waals surface area contributed by atoms with Crippen LogP contribution in [0.25, 0.3) is 0 Å². The van der Waals surface area contributed by atoms with Gasteiger partial charge in [-0.1, -0.05) is 12.1 Å². The van der Waals surface area contributed by atoms with E-state index in [1.54, 1.807) is 30.5 Å². The largest absolute Gasteiger partial charge is 0.481 e. The van der Waals surface area contributed by atoms with Crippen LogP contribution in [-0.2, 0) is 9.53 Å². The van der Waals surface area contributed by atoms with Crippen LogP contribution in [0.5, 0.6) is 5.75 Å². The number of anilines is 4. The number of nitrogens with zero attached hydrogens (tertiary/aromatic N) is 3. The highest BCUT2D eigenvalue weighted by molar-refractivity contribution is 5.92. The van der Waals surface area contributed by atoms with Gasteiger partial charge in [0.05, 0.1) is 25.1 Å². The number of rotatable bonds is 7. The number of carbonyl (C=O) groups is 1. The Morgan fingerprint density at radius 2 is 1.84 bits per heavy atom. The molecule has 9 heteroatoms. The quantitative estimate of drug-likeness (QED) is 0.603. The van der Waals surface area contributed by atoms with Crippen molar-refractivity contribution >= 4 is 28.8 Å². The van der Waals surface area contributed by atoms with Crippen LogP contribution in [0.15, 0.2) is 60.8 Å². The molecule has 4 rings (SSSR count). The Morgan fingerprint density at radius 1 is 1.10 bits per heavy atom. The predicted octanol–water partition coefficient (Wildman–Crippen LogP) is 3.21. The molecule has 31 heavy (non-hydrogen) atoms. The Labute approximate surface area is 179 Å². The molecule has 2 heterocycles. The molecule has 1 saturated heterocycles. The summed E-state index contributed by atoms with van der Waals surface area (Å²) in [5.41, 5.74) is 2.38. The second kappa shape index (κ2) is 9.86. The maximum atomic E-state index is 13.5. The van der Waals surface area contributed by atoms with Gasteiger partial charge in [0.25, 0.3) is 5.91 Å². The first kappa shape index (κ1) is 20.5. The molecule has 3 aromatic rings. The molecule has 2 N–H and O–H groups in total. The molecule has 1 fully saturated rings. The molecule has 0 aliphatic carbocycles.